The summed E-state index contributed by atoms with van der Waals surface area (Å²) < 4.78 is 16.9. The Labute approximate surface area is 723 Å². The molecule has 3 aliphatic rings. The lowest BCUT2D eigenvalue weighted by molar-refractivity contribution is -0.149. The predicted molar refractivity (Wildman–Crippen MR) is 521 cm³/mol. The zero-order valence-electron chi connectivity index (χ0n) is 68.2. The molecule has 3 heterocycles. The van der Waals surface area contributed by atoms with E-state index in [0.29, 0.717) is 15.5 Å². The van der Waals surface area contributed by atoms with E-state index in [2.05, 4.69) is 307 Å². The Bertz CT molecular complexity index is 7110. The molecule has 0 bridgehead atoms. The number of ether oxygens (including phenoxy) is 2. The van der Waals surface area contributed by atoms with Gasteiger partial charge in [0.15, 0.2) is 5.79 Å². The van der Waals surface area contributed by atoms with Crippen LogP contribution >= 0.6 is 31.1 Å². The molecule has 6 nitrogen and oxygen atoms in total. The molecule has 18 aromatic carbocycles. The van der Waals surface area contributed by atoms with Crippen LogP contribution in [0.15, 0.2) is 370 Å². The quantitative estimate of drug-likeness (QED) is 0.0769. The summed E-state index contributed by atoms with van der Waals surface area (Å²) in [5.74, 6) is -0.527. The summed E-state index contributed by atoms with van der Waals surface area (Å²) in [6.45, 7) is 3.57. The van der Waals surface area contributed by atoms with Crippen molar-refractivity contribution in [3.8, 4) is 55.9 Å². The largest absolute Gasteiger partial charge is 0.489 e. The van der Waals surface area contributed by atoms with E-state index < -0.39 is 12.9 Å². The van der Waals surface area contributed by atoms with Gasteiger partial charge >= 0.3 is 7.12 Å². The summed E-state index contributed by atoms with van der Waals surface area (Å²) in [6, 6.07) is 132. The number of hydrogen-bond donors (Lipinski definition) is 2. The number of fused-ring (bicyclic) bond motifs is 15. The minimum Gasteiger partial charge on any atom is -0.423 e. The summed E-state index contributed by atoms with van der Waals surface area (Å²) in [5, 5.41) is 40.9. The number of para-hydroxylation sites is 4. The maximum atomic E-state index is 9.44. The Balaban J connectivity index is 0.000000115. The molecular formula is C112H92BCl2N2O4P. The molecule has 596 valence electrons. The molecule has 1 aliphatic heterocycles. The minimum atomic E-state index is -1.44. The summed E-state index contributed by atoms with van der Waals surface area (Å²) in [4.78, 5) is 0. The normalized spacial score (nSPS) is 14.4. The monoisotopic (exact) mass is 1640 g/mol. The van der Waals surface area contributed by atoms with Crippen LogP contribution in [0.2, 0.25) is 10.0 Å². The first-order chi connectivity index (χ1) is 60.0. The zero-order valence-corrected chi connectivity index (χ0v) is 70.7. The Kier molecular flexibility index (Phi) is 22.2. The first-order valence-electron chi connectivity index (χ1n) is 43.1. The molecule has 0 unspecified atom stereocenters. The number of nitrogens with zero attached hydrogens (tertiary/aromatic N) is 2. The predicted octanol–water partition coefficient (Wildman–Crippen LogP) is 29.5. The van der Waals surface area contributed by atoms with E-state index in [0.717, 1.165) is 62.9 Å². The van der Waals surface area contributed by atoms with Crippen molar-refractivity contribution in [1.29, 1.82) is 0 Å². The van der Waals surface area contributed by atoms with Crippen LogP contribution in [0.1, 0.15) is 76.7 Å². The average molecular weight is 1640 g/mol. The SMILES string of the molecule is CC1(c2ccccc2P(C2CCCCC2)C2CCCCC2)OCCO1.Clc1cc(Cl)cc(-c2ccc3c(c2)c2ccccc2n3-c2ccccc2)c1.OB(O)c1cc2ccccc2c2ccccc12.c1ccc(-n2c3ccccc3c3cc(-c4cc(-c5cc6ccccc6c6ccccc56)cc(-c5cc6ccccc6c6ccccc56)c4)ccc32)cc1. The molecule has 2 saturated carbocycles. The van der Waals surface area contributed by atoms with E-state index in [1.807, 2.05) is 72.8 Å². The van der Waals surface area contributed by atoms with E-state index in [4.69, 9.17) is 32.7 Å². The van der Waals surface area contributed by atoms with Gasteiger partial charge in [-0.25, -0.2) is 0 Å². The van der Waals surface area contributed by atoms with Gasteiger partial charge in [-0.15, -0.1) is 0 Å². The highest BCUT2D eigenvalue weighted by atomic mass is 35.5. The molecule has 3 fully saturated rings. The lowest BCUT2D eigenvalue weighted by Gasteiger charge is -2.41. The molecule has 2 N–H and O–H groups in total. The van der Waals surface area contributed by atoms with Gasteiger partial charge in [-0.3, -0.25) is 0 Å². The highest BCUT2D eigenvalue weighted by molar-refractivity contribution is 7.67. The molecule has 1 saturated heterocycles. The van der Waals surface area contributed by atoms with Gasteiger partial charge in [0.1, 0.15) is 0 Å². The molecule has 23 rings (SSSR count). The van der Waals surface area contributed by atoms with E-state index >= 15 is 0 Å². The van der Waals surface area contributed by atoms with E-state index in [1.54, 1.807) is 11.4 Å². The Morgan fingerprint density at radius 3 is 1.11 bits per heavy atom. The number of rotatable bonds is 11. The third-order valence-corrected chi connectivity index (χ3v) is 29.5. The Morgan fingerprint density at radius 1 is 0.303 bits per heavy atom. The number of hydrogen-bond acceptors (Lipinski definition) is 4. The summed E-state index contributed by atoms with van der Waals surface area (Å²) in [6.07, 6.45) is 14.4. The van der Waals surface area contributed by atoms with Crippen LogP contribution in [0, 0.1) is 0 Å². The molecule has 0 amide bonds. The second kappa shape index (κ2) is 34.5. The van der Waals surface area contributed by atoms with Crippen molar-refractivity contribution in [2.24, 2.45) is 0 Å². The Morgan fingerprint density at radius 2 is 0.656 bits per heavy atom. The lowest BCUT2D eigenvalue weighted by atomic mass is 9.76. The molecule has 2 aliphatic carbocycles. The first-order valence-corrected chi connectivity index (χ1v) is 45.3. The molecule has 2 aromatic heterocycles. The lowest BCUT2D eigenvalue weighted by Crippen LogP contribution is -2.34. The van der Waals surface area contributed by atoms with E-state index in [-0.39, 0.29) is 7.92 Å². The van der Waals surface area contributed by atoms with Crippen LogP contribution in [0.25, 0.3) is 164 Å². The fourth-order valence-electron chi connectivity index (χ4n) is 19.9. The smallest absolute Gasteiger partial charge is 0.423 e. The Hall–Kier alpha value is -12.0. The van der Waals surface area contributed by atoms with Crippen molar-refractivity contribution in [1.82, 2.24) is 9.13 Å². The third kappa shape index (κ3) is 15.3. The van der Waals surface area contributed by atoms with Gasteiger partial charge < -0.3 is 28.7 Å². The van der Waals surface area contributed by atoms with Gasteiger partial charge in [0.05, 0.1) is 35.3 Å². The van der Waals surface area contributed by atoms with Crippen LogP contribution in [-0.4, -0.2) is 50.8 Å². The molecular weight excluding hydrogens is 1550 g/mol. The maximum absolute atomic E-state index is 9.44. The first kappa shape index (κ1) is 78.6. The van der Waals surface area contributed by atoms with Crippen molar-refractivity contribution in [2.45, 2.75) is 88.2 Å². The summed E-state index contributed by atoms with van der Waals surface area (Å²) in [5.41, 5.74) is 20.3. The second-order valence-corrected chi connectivity index (χ2v) is 36.6. The fraction of sp³-hybridized carbons (Fsp3) is 0.143. The fourth-order valence-corrected chi connectivity index (χ4v) is 24.5. The minimum absolute atomic E-state index is 0.121. The molecule has 20 aromatic rings. The molecule has 0 spiro atoms. The molecule has 0 atom stereocenters. The average Bonchev–Trinajstić information content (AvgIpc) is 1.63. The van der Waals surface area contributed by atoms with Crippen LogP contribution in [0.4, 0.5) is 0 Å². The van der Waals surface area contributed by atoms with Crippen molar-refractivity contribution in [2.75, 3.05) is 13.2 Å². The number of halogens is 2. The van der Waals surface area contributed by atoms with Crippen LogP contribution in [0.3, 0.4) is 0 Å². The summed E-state index contributed by atoms with van der Waals surface area (Å²) in [7, 11) is -1.56. The van der Waals surface area contributed by atoms with Crippen LogP contribution in [-0.2, 0) is 15.3 Å². The van der Waals surface area contributed by atoms with Crippen molar-refractivity contribution < 1.29 is 19.5 Å². The second-order valence-electron chi connectivity index (χ2n) is 32.9. The van der Waals surface area contributed by atoms with Gasteiger partial charge in [0.2, 0.25) is 0 Å². The maximum Gasteiger partial charge on any atom is 0.489 e. The van der Waals surface area contributed by atoms with Crippen LogP contribution in [0.5, 0.6) is 0 Å². The molecule has 0 radical (unpaired) electrons. The topological polar surface area (TPSA) is 68.8 Å². The highest BCUT2D eigenvalue weighted by Crippen LogP contribution is 2.57. The van der Waals surface area contributed by atoms with Gasteiger partial charge in [0, 0.05) is 48.5 Å². The van der Waals surface area contributed by atoms with E-state index in [9.17, 15) is 10.0 Å². The van der Waals surface area contributed by atoms with Gasteiger partial charge in [-0.1, -0.05) is 331 Å². The standard InChI is InChI=1S/C52H33N.C24H15Cl2N.C22H33O2P.C14H11BO2/c1-2-16-40(17-3-1)53-51-25-13-12-24-47(51)50-31-34(26-27-52(50)53)37-28-38(48-32-35-14-4-6-18-41(35)43-20-8-10-22-45(43)48)30-39(29-37)49-33-36-15-5-7-19-42(36)44-21-9-11-23-46(44)49;25-18-12-17(13-19(26)15-18)16-10-11-24-22(14-16)21-8-4-5-9-23(21)27(24)20-6-2-1-3-7-20;1-22(23-16-17-24-22)20-14-8-9-15-21(20)25(18-10-4-2-5-11-18)19-12-6-3-7-13-19;16-15(17)14-9-10-5-1-2-6-11(10)12-7-3-4-8-13(12)14/h1-33H;1-15H;8-9,14-15,18-19H,2-7,10-13,16-17H2,1H3;1-9,16-17H. The highest BCUT2D eigenvalue weighted by Gasteiger charge is 2.40. The third-order valence-electron chi connectivity index (χ3n) is 25.5. The number of benzene rings is 18. The van der Waals surface area contributed by atoms with Crippen molar-refractivity contribution in [3.05, 3.63) is 386 Å². The number of aromatic nitrogens is 2. The summed E-state index contributed by atoms with van der Waals surface area (Å²) >= 11 is 12.4. The molecule has 122 heavy (non-hydrogen) atoms. The van der Waals surface area contributed by atoms with Gasteiger partial charge in [-0.2, -0.15) is 0 Å². The van der Waals surface area contributed by atoms with Gasteiger partial charge in [-0.05, 0) is 273 Å². The van der Waals surface area contributed by atoms with Crippen molar-refractivity contribution >= 4 is 157 Å². The van der Waals surface area contributed by atoms with Crippen molar-refractivity contribution in [3.63, 3.8) is 0 Å². The van der Waals surface area contributed by atoms with Gasteiger partial charge in [0.25, 0.3) is 0 Å². The van der Waals surface area contributed by atoms with E-state index in [1.165, 1.54) is 196 Å². The molecule has 10 heteroatoms. The zero-order chi connectivity index (χ0) is 82.2. The van der Waals surface area contributed by atoms with Crippen LogP contribution < -0.4 is 10.8 Å².